The van der Waals surface area contributed by atoms with Gasteiger partial charge in [-0.1, -0.05) is 29.8 Å². The van der Waals surface area contributed by atoms with Crippen LogP contribution in [0.25, 0.3) is 0 Å². The van der Waals surface area contributed by atoms with E-state index in [1.165, 1.54) is 0 Å². The van der Waals surface area contributed by atoms with Crippen molar-refractivity contribution in [3.8, 4) is 5.75 Å². The number of carbonyl (C=O) groups excluding carboxylic acids is 1. The Kier molecular flexibility index (Phi) is 5.80. The van der Waals surface area contributed by atoms with Crippen LogP contribution in [0.1, 0.15) is 22.3 Å². The number of hydrogen-bond donors (Lipinski definition) is 3. The lowest BCUT2D eigenvalue weighted by molar-refractivity contribution is 0.0954. The number of nitrogens with one attached hydrogen (secondary N) is 2. The van der Waals surface area contributed by atoms with Crippen LogP contribution in [0, 0.1) is 6.92 Å². The summed E-state index contributed by atoms with van der Waals surface area (Å²) < 4.78 is 5.62. The molecular formula is C17H21N3O2. The van der Waals surface area contributed by atoms with Crippen molar-refractivity contribution in [1.29, 1.82) is 0 Å². The summed E-state index contributed by atoms with van der Waals surface area (Å²) in [5, 5.41) is 3.25. The van der Waals surface area contributed by atoms with E-state index in [1.807, 2.05) is 55.5 Å². The third-order valence-corrected chi connectivity index (χ3v) is 3.20. The number of benzene rings is 2. The molecule has 22 heavy (non-hydrogen) atoms. The predicted octanol–water partition coefficient (Wildman–Crippen LogP) is 2.48. The molecule has 2 aromatic carbocycles. The summed E-state index contributed by atoms with van der Waals surface area (Å²) in [6.45, 7) is 3.26. The normalized spacial score (nSPS) is 10.1. The molecule has 2 aromatic rings. The molecule has 5 nitrogen and oxygen atoms in total. The smallest absolute Gasteiger partial charge is 0.267 e. The van der Waals surface area contributed by atoms with Crippen molar-refractivity contribution in [2.24, 2.45) is 5.84 Å². The maximum atomic E-state index is 11.8. The van der Waals surface area contributed by atoms with E-state index in [2.05, 4.69) is 10.7 Å². The Labute approximate surface area is 130 Å². The first-order valence-electron chi connectivity index (χ1n) is 7.24. The summed E-state index contributed by atoms with van der Waals surface area (Å²) >= 11 is 0. The Bertz CT molecular complexity index is 615. The minimum absolute atomic E-state index is 0.299. The second-order valence-electron chi connectivity index (χ2n) is 4.96. The van der Waals surface area contributed by atoms with Crippen LogP contribution in [0.3, 0.4) is 0 Å². The molecule has 1 amide bonds. The van der Waals surface area contributed by atoms with Crippen LogP contribution in [-0.2, 0) is 0 Å². The highest BCUT2D eigenvalue weighted by atomic mass is 16.5. The number of amides is 1. The lowest BCUT2D eigenvalue weighted by Crippen LogP contribution is -2.30. The van der Waals surface area contributed by atoms with Gasteiger partial charge >= 0.3 is 0 Å². The Hall–Kier alpha value is -2.53. The number of nitrogens with two attached hydrogens (primary N) is 1. The minimum atomic E-state index is -0.299. The van der Waals surface area contributed by atoms with Crippen molar-refractivity contribution in [2.45, 2.75) is 13.3 Å². The topological polar surface area (TPSA) is 76.4 Å². The SMILES string of the molecule is Cc1ccc(NCCCOc2ccccc2)c(C(=O)NN)c1. The van der Waals surface area contributed by atoms with Gasteiger partial charge < -0.3 is 10.1 Å². The largest absolute Gasteiger partial charge is 0.494 e. The minimum Gasteiger partial charge on any atom is -0.494 e. The van der Waals surface area contributed by atoms with Gasteiger partial charge in [0, 0.05) is 12.2 Å². The highest BCUT2D eigenvalue weighted by Crippen LogP contribution is 2.17. The molecule has 0 spiro atoms. The van der Waals surface area contributed by atoms with E-state index in [4.69, 9.17) is 10.6 Å². The number of rotatable bonds is 7. The summed E-state index contributed by atoms with van der Waals surface area (Å²) in [4.78, 5) is 11.8. The standard InChI is InChI=1S/C17H21N3O2/c1-13-8-9-16(15(12-13)17(21)20-18)19-10-5-11-22-14-6-3-2-4-7-14/h2-4,6-9,12,19H,5,10-11,18H2,1H3,(H,20,21). The fourth-order valence-corrected chi connectivity index (χ4v) is 2.08. The Morgan fingerprint density at radius 1 is 1.18 bits per heavy atom. The fourth-order valence-electron chi connectivity index (χ4n) is 2.08. The van der Waals surface area contributed by atoms with Crippen molar-refractivity contribution >= 4 is 11.6 Å². The van der Waals surface area contributed by atoms with E-state index >= 15 is 0 Å². The molecule has 0 atom stereocenters. The molecule has 0 aromatic heterocycles. The molecule has 0 unspecified atom stereocenters. The maximum absolute atomic E-state index is 11.8. The van der Waals surface area contributed by atoms with E-state index in [0.717, 1.165) is 23.4 Å². The molecule has 0 heterocycles. The van der Waals surface area contributed by atoms with Crippen LogP contribution >= 0.6 is 0 Å². The van der Waals surface area contributed by atoms with E-state index in [1.54, 1.807) is 0 Å². The zero-order valence-electron chi connectivity index (χ0n) is 12.6. The number of carbonyl (C=O) groups is 1. The Morgan fingerprint density at radius 2 is 1.95 bits per heavy atom. The zero-order chi connectivity index (χ0) is 15.8. The summed E-state index contributed by atoms with van der Waals surface area (Å²) in [6.07, 6.45) is 0.826. The number of anilines is 1. The number of para-hydroxylation sites is 1. The van der Waals surface area contributed by atoms with Gasteiger partial charge in [0.1, 0.15) is 5.75 Å². The van der Waals surface area contributed by atoms with Crippen LogP contribution < -0.4 is 21.3 Å². The number of ether oxygens (including phenoxy) is 1. The summed E-state index contributed by atoms with van der Waals surface area (Å²) in [5.74, 6) is 5.78. The van der Waals surface area contributed by atoms with Crippen LogP contribution in [-0.4, -0.2) is 19.1 Å². The molecule has 0 fully saturated rings. The second kappa shape index (κ2) is 8.05. The van der Waals surface area contributed by atoms with Gasteiger partial charge in [-0.15, -0.1) is 0 Å². The van der Waals surface area contributed by atoms with Crippen LogP contribution in [0.4, 0.5) is 5.69 Å². The van der Waals surface area contributed by atoms with E-state index in [-0.39, 0.29) is 5.91 Å². The van der Waals surface area contributed by atoms with E-state index in [0.29, 0.717) is 18.7 Å². The molecule has 116 valence electrons. The van der Waals surface area contributed by atoms with E-state index in [9.17, 15) is 4.79 Å². The highest BCUT2D eigenvalue weighted by molar-refractivity contribution is 5.99. The molecule has 0 aliphatic rings. The van der Waals surface area contributed by atoms with Crippen molar-refractivity contribution < 1.29 is 9.53 Å². The molecule has 0 bridgehead atoms. The first-order chi connectivity index (χ1) is 10.7. The van der Waals surface area contributed by atoms with Gasteiger partial charge in [0.05, 0.1) is 12.2 Å². The third-order valence-electron chi connectivity index (χ3n) is 3.20. The van der Waals surface area contributed by atoms with Crippen LogP contribution in [0.5, 0.6) is 5.75 Å². The number of nitrogen functional groups attached to an aromatic ring is 1. The number of hydrogen-bond acceptors (Lipinski definition) is 4. The van der Waals surface area contributed by atoms with Gasteiger partial charge in [0.25, 0.3) is 5.91 Å². The second-order valence-corrected chi connectivity index (χ2v) is 4.96. The predicted molar refractivity (Wildman–Crippen MR) is 87.9 cm³/mol. The molecule has 0 saturated heterocycles. The first-order valence-corrected chi connectivity index (χ1v) is 7.24. The summed E-state index contributed by atoms with van der Waals surface area (Å²) in [7, 11) is 0. The molecule has 0 saturated carbocycles. The van der Waals surface area contributed by atoms with Gasteiger partial charge in [0.15, 0.2) is 0 Å². The molecule has 0 radical (unpaired) electrons. The van der Waals surface area contributed by atoms with Crippen LogP contribution in [0.2, 0.25) is 0 Å². The van der Waals surface area contributed by atoms with Gasteiger partial charge in [-0.25, -0.2) is 5.84 Å². The maximum Gasteiger partial charge on any atom is 0.267 e. The quantitative estimate of drug-likeness (QED) is 0.318. The van der Waals surface area contributed by atoms with Crippen molar-refractivity contribution in [3.05, 3.63) is 59.7 Å². The molecule has 2 rings (SSSR count). The van der Waals surface area contributed by atoms with Crippen molar-refractivity contribution in [3.63, 3.8) is 0 Å². The first kappa shape index (κ1) is 15.9. The lowest BCUT2D eigenvalue weighted by Gasteiger charge is -2.12. The average Bonchev–Trinajstić information content (AvgIpc) is 2.56. The highest BCUT2D eigenvalue weighted by Gasteiger charge is 2.09. The van der Waals surface area contributed by atoms with Gasteiger partial charge in [0.2, 0.25) is 0 Å². The Balaban J connectivity index is 1.83. The molecule has 4 N–H and O–H groups in total. The molecule has 5 heteroatoms. The van der Waals surface area contributed by atoms with Crippen molar-refractivity contribution in [1.82, 2.24) is 5.43 Å². The molecular weight excluding hydrogens is 278 g/mol. The molecule has 0 aliphatic heterocycles. The summed E-state index contributed by atoms with van der Waals surface area (Å²) in [5.41, 5.74) is 4.50. The average molecular weight is 299 g/mol. The van der Waals surface area contributed by atoms with Gasteiger partial charge in [-0.05, 0) is 37.6 Å². The number of hydrazine groups is 1. The third kappa shape index (κ3) is 4.49. The van der Waals surface area contributed by atoms with Crippen LogP contribution in [0.15, 0.2) is 48.5 Å². The van der Waals surface area contributed by atoms with Gasteiger partial charge in [-0.3, -0.25) is 10.2 Å². The number of aryl methyl sites for hydroxylation is 1. The lowest BCUT2D eigenvalue weighted by atomic mass is 10.1. The zero-order valence-corrected chi connectivity index (χ0v) is 12.6. The monoisotopic (exact) mass is 299 g/mol. The van der Waals surface area contributed by atoms with Gasteiger partial charge in [-0.2, -0.15) is 0 Å². The molecule has 0 aliphatic carbocycles. The fraction of sp³-hybridized carbons (Fsp3) is 0.235. The Morgan fingerprint density at radius 3 is 2.68 bits per heavy atom. The van der Waals surface area contributed by atoms with Crippen molar-refractivity contribution in [2.75, 3.05) is 18.5 Å². The summed E-state index contributed by atoms with van der Waals surface area (Å²) in [6, 6.07) is 15.3. The van der Waals surface area contributed by atoms with E-state index < -0.39 is 0 Å².